The van der Waals surface area contributed by atoms with Crippen molar-refractivity contribution in [1.29, 1.82) is 0 Å². The fraction of sp³-hybridized carbons (Fsp3) is 0.115. The van der Waals surface area contributed by atoms with Crippen molar-refractivity contribution in [3.05, 3.63) is 93.6 Å². The first-order valence-electron chi connectivity index (χ1n) is 9.99. The lowest BCUT2D eigenvalue weighted by atomic mass is 9.98. The minimum atomic E-state index is -1.01. The summed E-state index contributed by atoms with van der Waals surface area (Å²) in [7, 11) is 0. The standard InChI is InChI=1S/C26H21FO4S/c1-15-11-18(27)12-16(2)22(15)14-24-26(21-9-6-19(28)13-23(21)32-24)31-20-7-3-17(4-8-20)5-10-25(29)30/h3-13,28H,14H2,1-2H3,(H,29,30)/b10-5+. The number of fused-ring (bicyclic) bond motifs is 1. The molecule has 0 saturated heterocycles. The number of benzene rings is 3. The number of carbonyl (C=O) groups is 1. The molecule has 32 heavy (non-hydrogen) atoms. The zero-order chi connectivity index (χ0) is 22.8. The second-order valence-corrected chi connectivity index (χ2v) is 8.71. The average Bonchev–Trinajstić information content (AvgIpc) is 3.06. The number of hydrogen-bond donors (Lipinski definition) is 2. The zero-order valence-corrected chi connectivity index (χ0v) is 18.4. The number of hydrogen-bond acceptors (Lipinski definition) is 4. The number of carboxylic acid groups (broad SMARTS) is 1. The van der Waals surface area contributed by atoms with E-state index in [9.17, 15) is 14.3 Å². The van der Waals surface area contributed by atoms with E-state index in [1.807, 2.05) is 19.9 Å². The van der Waals surface area contributed by atoms with Crippen LogP contribution in [0.15, 0.2) is 60.7 Å². The maximum absolute atomic E-state index is 13.8. The molecule has 4 rings (SSSR count). The van der Waals surface area contributed by atoms with Crippen LogP contribution >= 0.6 is 11.3 Å². The van der Waals surface area contributed by atoms with Gasteiger partial charge in [0.25, 0.3) is 0 Å². The minimum absolute atomic E-state index is 0.181. The van der Waals surface area contributed by atoms with Crippen molar-refractivity contribution in [2.75, 3.05) is 0 Å². The van der Waals surface area contributed by atoms with E-state index in [-0.39, 0.29) is 11.6 Å². The van der Waals surface area contributed by atoms with Gasteiger partial charge in [-0.1, -0.05) is 12.1 Å². The Bertz CT molecular complexity index is 1310. The number of aryl methyl sites for hydroxylation is 2. The summed E-state index contributed by atoms with van der Waals surface area (Å²) in [6.45, 7) is 3.79. The molecule has 0 amide bonds. The van der Waals surface area contributed by atoms with E-state index in [2.05, 4.69) is 0 Å². The van der Waals surface area contributed by atoms with Gasteiger partial charge >= 0.3 is 5.97 Å². The largest absolute Gasteiger partial charge is 0.508 e. The number of ether oxygens (including phenoxy) is 1. The minimum Gasteiger partial charge on any atom is -0.508 e. The third kappa shape index (κ3) is 4.65. The highest BCUT2D eigenvalue weighted by molar-refractivity contribution is 7.19. The molecule has 4 nitrogen and oxygen atoms in total. The normalized spacial score (nSPS) is 11.3. The molecule has 1 aromatic heterocycles. The Balaban J connectivity index is 1.73. The fourth-order valence-electron chi connectivity index (χ4n) is 3.65. The lowest BCUT2D eigenvalue weighted by Gasteiger charge is -2.12. The fourth-order valence-corrected chi connectivity index (χ4v) is 4.83. The number of thiophene rings is 1. The highest BCUT2D eigenvalue weighted by Crippen LogP contribution is 2.43. The van der Waals surface area contributed by atoms with Crippen LogP contribution in [0.4, 0.5) is 4.39 Å². The van der Waals surface area contributed by atoms with Crippen molar-refractivity contribution >= 4 is 33.5 Å². The predicted octanol–water partition coefficient (Wildman–Crippen LogP) is 6.84. The van der Waals surface area contributed by atoms with E-state index in [0.717, 1.165) is 43.3 Å². The molecule has 0 aliphatic heterocycles. The Morgan fingerprint density at radius 2 is 1.75 bits per heavy atom. The van der Waals surface area contributed by atoms with Gasteiger partial charge in [-0.15, -0.1) is 11.3 Å². The lowest BCUT2D eigenvalue weighted by Crippen LogP contribution is -1.97. The molecule has 6 heteroatoms. The second kappa shape index (κ2) is 8.85. The van der Waals surface area contributed by atoms with Gasteiger partial charge in [0.2, 0.25) is 0 Å². The van der Waals surface area contributed by atoms with Crippen molar-refractivity contribution in [2.45, 2.75) is 20.3 Å². The Morgan fingerprint density at radius 1 is 1.06 bits per heavy atom. The first kappa shape index (κ1) is 21.6. The predicted molar refractivity (Wildman–Crippen MR) is 125 cm³/mol. The molecule has 3 aromatic carbocycles. The Morgan fingerprint density at radius 3 is 2.41 bits per heavy atom. The van der Waals surface area contributed by atoms with E-state index >= 15 is 0 Å². The van der Waals surface area contributed by atoms with Gasteiger partial charge < -0.3 is 14.9 Å². The average molecular weight is 449 g/mol. The number of carboxylic acids is 1. The van der Waals surface area contributed by atoms with Crippen molar-refractivity contribution < 1.29 is 24.1 Å². The maximum Gasteiger partial charge on any atom is 0.328 e. The van der Waals surface area contributed by atoms with Crippen LogP contribution < -0.4 is 4.74 Å². The Kier molecular flexibility index (Phi) is 5.97. The summed E-state index contributed by atoms with van der Waals surface area (Å²) < 4.78 is 20.9. The molecular weight excluding hydrogens is 427 g/mol. The first-order chi connectivity index (χ1) is 15.3. The molecule has 0 radical (unpaired) electrons. The number of aliphatic carboxylic acids is 1. The Hall–Kier alpha value is -3.64. The van der Waals surface area contributed by atoms with Crippen LogP contribution in [0.25, 0.3) is 16.2 Å². The first-order valence-corrected chi connectivity index (χ1v) is 10.8. The molecule has 0 bridgehead atoms. The van der Waals surface area contributed by atoms with Crippen LogP contribution in [0.5, 0.6) is 17.2 Å². The van der Waals surface area contributed by atoms with Gasteiger partial charge in [-0.05, 0) is 84.6 Å². The molecule has 2 N–H and O–H groups in total. The van der Waals surface area contributed by atoms with Gasteiger partial charge in [-0.2, -0.15) is 0 Å². The smallest absolute Gasteiger partial charge is 0.328 e. The highest BCUT2D eigenvalue weighted by atomic mass is 32.1. The molecule has 162 valence electrons. The van der Waals surface area contributed by atoms with E-state index in [0.29, 0.717) is 17.9 Å². The monoisotopic (exact) mass is 448 g/mol. The van der Waals surface area contributed by atoms with Crippen molar-refractivity contribution in [3.63, 3.8) is 0 Å². The van der Waals surface area contributed by atoms with Gasteiger partial charge in [-0.25, -0.2) is 9.18 Å². The molecule has 0 unspecified atom stereocenters. The number of aromatic hydroxyl groups is 1. The molecule has 0 spiro atoms. The SMILES string of the molecule is Cc1cc(F)cc(C)c1Cc1sc2cc(O)ccc2c1Oc1ccc(/C=C/C(=O)O)cc1. The van der Waals surface area contributed by atoms with E-state index in [4.69, 9.17) is 9.84 Å². The van der Waals surface area contributed by atoms with Gasteiger partial charge in [-0.3, -0.25) is 0 Å². The molecule has 4 aromatic rings. The number of phenols is 1. The molecule has 1 heterocycles. The summed E-state index contributed by atoms with van der Waals surface area (Å²) in [6.07, 6.45) is 3.17. The van der Waals surface area contributed by atoms with Gasteiger partial charge in [0.05, 0.1) is 4.88 Å². The summed E-state index contributed by atoms with van der Waals surface area (Å²) in [5.74, 6) is 0.231. The zero-order valence-electron chi connectivity index (χ0n) is 17.6. The lowest BCUT2D eigenvalue weighted by molar-refractivity contribution is -0.131. The van der Waals surface area contributed by atoms with Crippen LogP contribution in [-0.4, -0.2) is 16.2 Å². The Labute approximate surface area is 188 Å². The molecule has 0 saturated carbocycles. The van der Waals surface area contributed by atoms with Gasteiger partial charge in [0, 0.05) is 22.6 Å². The third-order valence-electron chi connectivity index (χ3n) is 5.21. The van der Waals surface area contributed by atoms with E-state index in [1.165, 1.54) is 29.5 Å². The summed E-state index contributed by atoms with van der Waals surface area (Å²) >= 11 is 1.53. The summed E-state index contributed by atoms with van der Waals surface area (Å²) in [4.78, 5) is 11.7. The van der Waals surface area contributed by atoms with Gasteiger partial charge in [0.15, 0.2) is 0 Å². The van der Waals surface area contributed by atoms with Gasteiger partial charge in [0.1, 0.15) is 23.1 Å². The van der Waals surface area contributed by atoms with Crippen LogP contribution in [0.3, 0.4) is 0 Å². The number of rotatable bonds is 6. The molecule has 0 fully saturated rings. The van der Waals surface area contributed by atoms with E-state index in [1.54, 1.807) is 36.4 Å². The second-order valence-electron chi connectivity index (χ2n) is 7.57. The van der Waals surface area contributed by atoms with Crippen LogP contribution in [0.2, 0.25) is 0 Å². The van der Waals surface area contributed by atoms with Crippen LogP contribution in [0, 0.1) is 19.7 Å². The molecule has 0 aliphatic rings. The number of phenolic OH excluding ortho intramolecular Hbond substituents is 1. The topological polar surface area (TPSA) is 66.8 Å². The third-order valence-corrected chi connectivity index (χ3v) is 6.35. The van der Waals surface area contributed by atoms with Crippen molar-refractivity contribution in [2.24, 2.45) is 0 Å². The highest BCUT2D eigenvalue weighted by Gasteiger charge is 2.18. The van der Waals surface area contributed by atoms with Crippen LogP contribution in [0.1, 0.15) is 27.1 Å². The summed E-state index contributed by atoms with van der Waals surface area (Å²) in [5.41, 5.74) is 3.55. The maximum atomic E-state index is 13.8. The molecule has 0 atom stereocenters. The summed E-state index contributed by atoms with van der Waals surface area (Å²) in [5, 5.41) is 19.6. The van der Waals surface area contributed by atoms with E-state index < -0.39 is 5.97 Å². The number of halogens is 1. The molecular formula is C26H21FO4S. The van der Waals surface area contributed by atoms with Crippen LogP contribution in [-0.2, 0) is 11.2 Å². The molecule has 0 aliphatic carbocycles. The quantitative estimate of drug-likeness (QED) is 0.317. The van der Waals surface area contributed by atoms with Crippen molar-refractivity contribution in [1.82, 2.24) is 0 Å². The summed E-state index contributed by atoms with van der Waals surface area (Å²) in [6, 6.07) is 15.4. The van der Waals surface area contributed by atoms with Crippen molar-refractivity contribution in [3.8, 4) is 17.2 Å².